The SMILES string of the molecule is Cc1coc(C)c1C(=O)N(C)Cc1ccc(C(=O)O)cc1. The Hall–Kier alpha value is -2.56. The summed E-state index contributed by atoms with van der Waals surface area (Å²) >= 11 is 0. The van der Waals surface area contributed by atoms with E-state index < -0.39 is 5.97 Å². The fourth-order valence-electron chi connectivity index (χ4n) is 2.18. The average molecular weight is 287 g/mol. The van der Waals surface area contributed by atoms with Crippen LogP contribution in [0.2, 0.25) is 0 Å². The number of carboxylic acids is 1. The number of hydrogen-bond donors (Lipinski definition) is 1. The van der Waals surface area contributed by atoms with Crippen LogP contribution in [0.1, 0.15) is 37.6 Å². The number of carboxylic acid groups (broad SMARTS) is 1. The van der Waals surface area contributed by atoms with Gasteiger partial charge in [-0.3, -0.25) is 4.79 Å². The van der Waals surface area contributed by atoms with Gasteiger partial charge in [-0.05, 0) is 31.5 Å². The van der Waals surface area contributed by atoms with Crippen molar-refractivity contribution in [1.82, 2.24) is 4.90 Å². The van der Waals surface area contributed by atoms with Gasteiger partial charge in [0.15, 0.2) is 0 Å². The molecule has 1 N–H and O–H groups in total. The van der Waals surface area contributed by atoms with E-state index in [1.54, 1.807) is 37.3 Å². The lowest BCUT2D eigenvalue weighted by Gasteiger charge is -2.17. The molecule has 1 heterocycles. The third-order valence-electron chi connectivity index (χ3n) is 3.34. The van der Waals surface area contributed by atoms with Gasteiger partial charge < -0.3 is 14.4 Å². The summed E-state index contributed by atoms with van der Waals surface area (Å²) in [7, 11) is 1.71. The molecule has 5 nitrogen and oxygen atoms in total. The summed E-state index contributed by atoms with van der Waals surface area (Å²) in [5.41, 5.74) is 2.49. The van der Waals surface area contributed by atoms with Crippen LogP contribution in [0.5, 0.6) is 0 Å². The minimum atomic E-state index is -0.962. The molecule has 0 bridgehead atoms. The van der Waals surface area contributed by atoms with E-state index >= 15 is 0 Å². The van der Waals surface area contributed by atoms with E-state index in [-0.39, 0.29) is 11.5 Å². The molecule has 2 aromatic rings. The van der Waals surface area contributed by atoms with Crippen molar-refractivity contribution >= 4 is 11.9 Å². The van der Waals surface area contributed by atoms with Crippen LogP contribution in [-0.2, 0) is 6.54 Å². The molecule has 0 aliphatic carbocycles. The molecule has 0 aliphatic rings. The Balaban J connectivity index is 2.12. The molecule has 21 heavy (non-hydrogen) atoms. The third-order valence-corrected chi connectivity index (χ3v) is 3.34. The summed E-state index contributed by atoms with van der Waals surface area (Å²) < 4.78 is 5.25. The zero-order valence-corrected chi connectivity index (χ0v) is 12.2. The van der Waals surface area contributed by atoms with Crippen molar-refractivity contribution in [3.8, 4) is 0 Å². The molecule has 0 aliphatic heterocycles. The predicted octanol–water partition coefficient (Wildman–Crippen LogP) is 2.87. The summed E-state index contributed by atoms with van der Waals surface area (Å²) in [6.07, 6.45) is 1.57. The van der Waals surface area contributed by atoms with Crippen LogP contribution < -0.4 is 0 Å². The summed E-state index contributed by atoms with van der Waals surface area (Å²) in [5, 5.41) is 8.86. The first-order chi connectivity index (χ1) is 9.90. The molecule has 0 saturated heterocycles. The summed E-state index contributed by atoms with van der Waals surface area (Å²) in [6, 6.07) is 6.49. The molecule has 0 spiro atoms. The molecule has 0 fully saturated rings. The topological polar surface area (TPSA) is 70.8 Å². The second-order valence-corrected chi connectivity index (χ2v) is 5.01. The molecule has 1 aromatic carbocycles. The Kier molecular flexibility index (Phi) is 4.12. The lowest BCUT2D eigenvalue weighted by Crippen LogP contribution is -2.27. The maximum atomic E-state index is 12.4. The Labute approximate surface area is 122 Å². The summed E-state index contributed by atoms with van der Waals surface area (Å²) in [6.45, 7) is 4.00. The molecule has 1 amide bonds. The molecule has 110 valence electrons. The molecule has 0 radical (unpaired) electrons. The Morgan fingerprint density at radius 1 is 1.19 bits per heavy atom. The highest BCUT2D eigenvalue weighted by Crippen LogP contribution is 2.18. The van der Waals surface area contributed by atoms with Gasteiger partial charge in [0.25, 0.3) is 5.91 Å². The van der Waals surface area contributed by atoms with Crippen molar-refractivity contribution in [2.24, 2.45) is 0 Å². The number of aryl methyl sites for hydroxylation is 2. The van der Waals surface area contributed by atoms with Crippen molar-refractivity contribution < 1.29 is 19.1 Å². The Morgan fingerprint density at radius 2 is 1.81 bits per heavy atom. The molecule has 0 atom stereocenters. The molecule has 0 saturated carbocycles. The van der Waals surface area contributed by atoms with Gasteiger partial charge in [-0.1, -0.05) is 12.1 Å². The fraction of sp³-hybridized carbons (Fsp3) is 0.250. The summed E-state index contributed by atoms with van der Waals surface area (Å²) in [5.74, 6) is -0.470. The van der Waals surface area contributed by atoms with E-state index in [1.165, 1.54) is 12.1 Å². The Bertz CT molecular complexity index is 651. The first kappa shape index (κ1) is 14.8. The average Bonchev–Trinajstić information content (AvgIpc) is 2.78. The van der Waals surface area contributed by atoms with E-state index in [9.17, 15) is 9.59 Å². The van der Waals surface area contributed by atoms with Gasteiger partial charge in [-0.15, -0.1) is 0 Å². The van der Waals surface area contributed by atoms with Crippen molar-refractivity contribution in [2.75, 3.05) is 7.05 Å². The van der Waals surface area contributed by atoms with E-state index in [0.29, 0.717) is 17.9 Å². The van der Waals surface area contributed by atoms with E-state index in [4.69, 9.17) is 9.52 Å². The van der Waals surface area contributed by atoms with E-state index in [2.05, 4.69) is 0 Å². The number of benzene rings is 1. The predicted molar refractivity (Wildman–Crippen MR) is 77.4 cm³/mol. The van der Waals surface area contributed by atoms with Crippen LogP contribution in [0.25, 0.3) is 0 Å². The number of amides is 1. The highest BCUT2D eigenvalue weighted by molar-refractivity contribution is 5.96. The van der Waals surface area contributed by atoms with Gasteiger partial charge in [-0.2, -0.15) is 0 Å². The van der Waals surface area contributed by atoms with Crippen molar-refractivity contribution in [2.45, 2.75) is 20.4 Å². The first-order valence-corrected chi connectivity index (χ1v) is 6.52. The zero-order valence-electron chi connectivity index (χ0n) is 12.2. The van der Waals surface area contributed by atoms with Gasteiger partial charge in [0.2, 0.25) is 0 Å². The minimum absolute atomic E-state index is 0.110. The molecular formula is C16H17NO4. The number of nitrogens with zero attached hydrogens (tertiary/aromatic N) is 1. The maximum Gasteiger partial charge on any atom is 0.335 e. The van der Waals surface area contributed by atoms with Crippen molar-refractivity contribution in [1.29, 1.82) is 0 Å². The normalized spacial score (nSPS) is 10.4. The molecule has 5 heteroatoms. The van der Waals surface area contributed by atoms with Crippen LogP contribution in [0.15, 0.2) is 34.9 Å². The number of carbonyl (C=O) groups excluding carboxylic acids is 1. The van der Waals surface area contributed by atoms with Crippen molar-refractivity contribution in [3.05, 3.63) is 58.5 Å². The molecule has 2 rings (SSSR count). The zero-order chi connectivity index (χ0) is 15.6. The first-order valence-electron chi connectivity index (χ1n) is 6.52. The molecular weight excluding hydrogens is 270 g/mol. The highest BCUT2D eigenvalue weighted by atomic mass is 16.4. The highest BCUT2D eigenvalue weighted by Gasteiger charge is 2.19. The molecule has 0 unspecified atom stereocenters. The van der Waals surface area contributed by atoms with Gasteiger partial charge >= 0.3 is 5.97 Å². The standard InChI is InChI=1S/C16H17NO4/c1-10-9-21-11(2)14(10)15(18)17(3)8-12-4-6-13(7-5-12)16(19)20/h4-7,9H,8H2,1-3H3,(H,19,20). The van der Waals surface area contributed by atoms with Gasteiger partial charge in [0, 0.05) is 19.2 Å². The number of aromatic carboxylic acids is 1. The Morgan fingerprint density at radius 3 is 2.29 bits per heavy atom. The lowest BCUT2D eigenvalue weighted by atomic mass is 10.1. The number of furan rings is 1. The van der Waals surface area contributed by atoms with Crippen LogP contribution in [0, 0.1) is 13.8 Å². The smallest absolute Gasteiger partial charge is 0.335 e. The van der Waals surface area contributed by atoms with Crippen LogP contribution in [0.4, 0.5) is 0 Å². The summed E-state index contributed by atoms with van der Waals surface area (Å²) in [4.78, 5) is 24.8. The third kappa shape index (κ3) is 3.13. The van der Waals surface area contributed by atoms with Crippen LogP contribution >= 0.6 is 0 Å². The lowest BCUT2D eigenvalue weighted by molar-refractivity contribution is 0.0695. The minimum Gasteiger partial charge on any atom is -0.478 e. The fourth-order valence-corrected chi connectivity index (χ4v) is 2.18. The van der Waals surface area contributed by atoms with E-state index in [1.807, 2.05) is 6.92 Å². The second-order valence-electron chi connectivity index (χ2n) is 5.01. The van der Waals surface area contributed by atoms with Crippen LogP contribution in [0.3, 0.4) is 0 Å². The van der Waals surface area contributed by atoms with Gasteiger partial charge in [0.05, 0.1) is 17.4 Å². The number of rotatable bonds is 4. The van der Waals surface area contributed by atoms with Gasteiger partial charge in [-0.25, -0.2) is 4.79 Å². The monoisotopic (exact) mass is 287 g/mol. The number of carbonyl (C=O) groups is 2. The maximum absolute atomic E-state index is 12.4. The van der Waals surface area contributed by atoms with E-state index in [0.717, 1.165) is 11.1 Å². The van der Waals surface area contributed by atoms with Crippen molar-refractivity contribution in [3.63, 3.8) is 0 Å². The van der Waals surface area contributed by atoms with Crippen LogP contribution in [-0.4, -0.2) is 28.9 Å². The molecule has 1 aromatic heterocycles. The number of hydrogen-bond acceptors (Lipinski definition) is 3. The second kappa shape index (κ2) is 5.83. The quantitative estimate of drug-likeness (QED) is 0.938. The largest absolute Gasteiger partial charge is 0.478 e. The van der Waals surface area contributed by atoms with Gasteiger partial charge in [0.1, 0.15) is 5.76 Å².